The summed E-state index contributed by atoms with van der Waals surface area (Å²) in [7, 11) is 0. The maximum absolute atomic E-state index is 11.7. The van der Waals surface area contributed by atoms with Crippen LogP contribution in [0.5, 0.6) is 0 Å². The average molecular weight is 312 g/mol. The molecule has 3 N–H and O–H groups in total. The minimum atomic E-state index is -0.229. The fourth-order valence-electron chi connectivity index (χ4n) is 1.80. The van der Waals surface area contributed by atoms with E-state index in [0.717, 1.165) is 5.56 Å². The first-order valence-electron chi connectivity index (χ1n) is 6.94. The molecule has 0 aliphatic carbocycles. The lowest BCUT2D eigenvalue weighted by atomic mass is 10.1. The standard InChI is InChI=1S/C15H22ClN3O2/c1-10(2)19-15(21)9-18-14(20)8-17-11(3)12-6-4-5-7-13(12)16/h4-7,10-11,17H,8-9H2,1-3H3,(H,18,20)(H,19,21)/t11-/m0/s1. The van der Waals surface area contributed by atoms with E-state index in [0.29, 0.717) is 5.02 Å². The number of hydrogen-bond donors (Lipinski definition) is 3. The lowest BCUT2D eigenvalue weighted by Gasteiger charge is -2.15. The van der Waals surface area contributed by atoms with E-state index in [9.17, 15) is 9.59 Å². The first-order valence-corrected chi connectivity index (χ1v) is 7.31. The smallest absolute Gasteiger partial charge is 0.239 e. The molecule has 0 aliphatic rings. The molecule has 2 amide bonds. The summed E-state index contributed by atoms with van der Waals surface area (Å²) in [4.78, 5) is 23.1. The molecule has 1 rings (SSSR count). The zero-order chi connectivity index (χ0) is 15.8. The van der Waals surface area contributed by atoms with Crippen LogP contribution < -0.4 is 16.0 Å². The van der Waals surface area contributed by atoms with Crippen LogP contribution in [-0.2, 0) is 9.59 Å². The van der Waals surface area contributed by atoms with Crippen molar-refractivity contribution in [1.82, 2.24) is 16.0 Å². The summed E-state index contributed by atoms with van der Waals surface area (Å²) in [5.41, 5.74) is 0.935. The quantitative estimate of drug-likeness (QED) is 0.717. The molecule has 0 bridgehead atoms. The highest BCUT2D eigenvalue weighted by molar-refractivity contribution is 6.31. The van der Waals surface area contributed by atoms with Gasteiger partial charge >= 0.3 is 0 Å². The highest BCUT2D eigenvalue weighted by Crippen LogP contribution is 2.21. The van der Waals surface area contributed by atoms with E-state index in [2.05, 4.69) is 16.0 Å². The van der Waals surface area contributed by atoms with E-state index in [1.807, 2.05) is 45.0 Å². The highest BCUT2D eigenvalue weighted by Gasteiger charge is 2.11. The van der Waals surface area contributed by atoms with E-state index in [1.54, 1.807) is 0 Å². The summed E-state index contributed by atoms with van der Waals surface area (Å²) in [5.74, 6) is -0.426. The van der Waals surface area contributed by atoms with Gasteiger partial charge in [0.05, 0.1) is 13.1 Å². The summed E-state index contributed by atoms with van der Waals surface area (Å²) >= 11 is 6.09. The number of amides is 2. The number of halogens is 1. The molecule has 0 fully saturated rings. The summed E-state index contributed by atoms with van der Waals surface area (Å²) < 4.78 is 0. The van der Waals surface area contributed by atoms with Crippen LogP contribution in [-0.4, -0.2) is 30.9 Å². The molecule has 1 aromatic rings. The molecule has 1 atom stereocenters. The van der Waals surface area contributed by atoms with Crippen molar-refractivity contribution in [3.8, 4) is 0 Å². The van der Waals surface area contributed by atoms with Crippen LogP contribution in [0, 0.1) is 0 Å². The average Bonchev–Trinajstić information content (AvgIpc) is 2.42. The lowest BCUT2D eigenvalue weighted by Crippen LogP contribution is -2.42. The minimum absolute atomic E-state index is 0.0147. The van der Waals surface area contributed by atoms with Gasteiger partial charge in [0.1, 0.15) is 0 Å². The van der Waals surface area contributed by atoms with Crippen LogP contribution in [0.1, 0.15) is 32.4 Å². The van der Waals surface area contributed by atoms with Crippen molar-refractivity contribution >= 4 is 23.4 Å². The van der Waals surface area contributed by atoms with Gasteiger partial charge in [0.15, 0.2) is 0 Å². The molecule has 21 heavy (non-hydrogen) atoms. The van der Waals surface area contributed by atoms with Crippen molar-refractivity contribution in [3.05, 3.63) is 34.9 Å². The fourth-order valence-corrected chi connectivity index (χ4v) is 2.10. The Morgan fingerprint density at radius 3 is 2.38 bits per heavy atom. The number of hydrogen-bond acceptors (Lipinski definition) is 3. The van der Waals surface area contributed by atoms with Crippen LogP contribution >= 0.6 is 11.6 Å². The number of carbonyl (C=O) groups excluding carboxylic acids is 2. The summed E-state index contributed by atoms with van der Waals surface area (Å²) in [6.07, 6.45) is 0. The third-order valence-corrected chi connectivity index (χ3v) is 3.18. The van der Waals surface area contributed by atoms with Gasteiger partial charge in [-0.2, -0.15) is 0 Å². The van der Waals surface area contributed by atoms with E-state index in [-0.39, 0.29) is 37.0 Å². The molecular formula is C15H22ClN3O2. The Kier molecular flexibility index (Phi) is 7.19. The van der Waals surface area contributed by atoms with Crippen molar-refractivity contribution in [2.45, 2.75) is 32.9 Å². The maximum Gasteiger partial charge on any atom is 0.239 e. The van der Waals surface area contributed by atoms with E-state index >= 15 is 0 Å². The van der Waals surface area contributed by atoms with Crippen molar-refractivity contribution in [3.63, 3.8) is 0 Å². The third kappa shape index (κ3) is 6.60. The van der Waals surface area contributed by atoms with Gasteiger partial charge in [-0.1, -0.05) is 29.8 Å². The minimum Gasteiger partial charge on any atom is -0.352 e. The van der Waals surface area contributed by atoms with Gasteiger partial charge in [0, 0.05) is 17.1 Å². The predicted molar refractivity (Wildman–Crippen MR) is 84.2 cm³/mol. The molecule has 0 aromatic heterocycles. The molecular weight excluding hydrogens is 290 g/mol. The predicted octanol–water partition coefficient (Wildman–Crippen LogP) is 1.63. The zero-order valence-corrected chi connectivity index (χ0v) is 13.3. The second-order valence-corrected chi connectivity index (χ2v) is 5.53. The Labute approximate surface area is 130 Å². The van der Waals surface area contributed by atoms with Crippen LogP contribution in [0.2, 0.25) is 5.02 Å². The second kappa shape index (κ2) is 8.64. The second-order valence-electron chi connectivity index (χ2n) is 5.12. The zero-order valence-electron chi connectivity index (χ0n) is 12.6. The number of benzene rings is 1. The first-order chi connectivity index (χ1) is 9.90. The van der Waals surface area contributed by atoms with Crippen molar-refractivity contribution < 1.29 is 9.59 Å². The Morgan fingerprint density at radius 1 is 1.10 bits per heavy atom. The Balaban J connectivity index is 2.33. The molecule has 0 heterocycles. The Bertz CT molecular complexity index is 492. The van der Waals surface area contributed by atoms with E-state index < -0.39 is 0 Å². The molecule has 0 aliphatic heterocycles. The maximum atomic E-state index is 11.7. The van der Waals surface area contributed by atoms with E-state index in [4.69, 9.17) is 11.6 Å². The number of carbonyl (C=O) groups is 2. The number of nitrogens with one attached hydrogen (secondary N) is 3. The Hall–Kier alpha value is -1.59. The van der Waals surface area contributed by atoms with Crippen molar-refractivity contribution in [2.24, 2.45) is 0 Å². The topological polar surface area (TPSA) is 70.2 Å². The number of rotatable bonds is 7. The van der Waals surface area contributed by atoms with Crippen molar-refractivity contribution in [1.29, 1.82) is 0 Å². The summed E-state index contributed by atoms with van der Waals surface area (Å²) in [6, 6.07) is 7.50. The molecule has 0 spiro atoms. The van der Waals surface area contributed by atoms with Crippen LogP contribution in [0.25, 0.3) is 0 Å². The molecule has 116 valence electrons. The molecule has 5 nitrogen and oxygen atoms in total. The van der Waals surface area contributed by atoms with Gasteiger partial charge in [-0.15, -0.1) is 0 Å². The van der Waals surface area contributed by atoms with Gasteiger partial charge < -0.3 is 16.0 Å². The Morgan fingerprint density at radius 2 is 1.76 bits per heavy atom. The SMILES string of the molecule is CC(C)NC(=O)CNC(=O)CN[C@@H](C)c1ccccc1Cl. The first kappa shape index (κ1) is 17.5. The van der Waals surface area contributed by atoms with Crippen LogP contribution in [0.15, 0.2) is 24.3 Å². The largest absolute Gasteiger partial charge is 0.352 e. The van der Waals surface area contributed by atoms with Crippen LogP contribution in [0.3, 0.4) is 0 Å². The molecule has 0 radical (unpaired) electrons. The summed E-state index contributed by atoms with van der Waals surface area (Å²) in [5, 5.41) is 9.00. The highest BCUT2D eigenvalue weighted by atomic mass is 35.5. The van der Waals surface area contributed by atoms with Gasteiger partial charge in [0.25, 0.3) is 0 Å². The molecule has 0 unspecified atom stereocenters. The molecule has 0 saturated heterocycles. The van der Waals surface area contributed by atoms with Gasteiger partial charge in [-0.3, -0.25) is 9.59 Å². The molecule has 0 saturated carbocycles. The third-order valence-electron chi connectivity index (χ3n) is 2.84. The van der Waals surface area contributed by atoms with E-state index in [1.165, 1.54) is 0 Å². The van der Waals surface area contributed by atoms with Gasteiger partial charge in [-0.05, 0) is 32.4 Å². The van der Waals surface area contributed by atoms with Gasteiger partial charge in [0.2, 0.25) is 11.8 Å². The lowest BCUT2D eigenvalue weighted by molar-refractivity contribution is -0.125. The molecule has 1 aromatic carbocycles. The summed E-state index contributed by atoms with van der Waals surface area (Å²) in [6.45, 7) is 5.78. The van der Waals surface area contributed by atoms with Gasteiger partial charge in [-0.25, -0.2) is 0 Å². The molecule has 6 heteroatoms. The monoisotopic (exact) mass is 311 g/mol. The van der Waals surface area contributed by atoms with Crippen LogP contribution in [0.4, 0.5) is 0 Å². The van der Waals surface area contributed by atoms with Crippen molar-refractivity contribution in [2.75, 3.05) is 13.1 Å². The fraction of sp³-hybridized carbons (Fsp3) is 0.467. The normalized spacial score (nSPS) is 12.0.